The van der Waals surface area contributed by atoms with Gasteiger partial charge in [0.05, 0.1) is 22.1 Å². The molecule has 0 fully saturated rings. The van der Waals surface area contributed by atoms with Crippen LogP contribution in [0.3, 0.4) is 0 Å². The number of benzene rings is 9. The third-order valence-electron chi connectivity index (χ3n) is 10.7. The van der Waals surface area contributed by atoms with Gasteiger partial charge in [0.1, 0.15) is 0 Å². The molecule has 11 rings (SSSR count). The molecule has 2 heterocycles. The van der Waals surface area contributed by atoms with Crippen LogP contribution in [0.1, 0.15) is 20.4 Å². The molecule has 0 saturated heterocycles. The van der Waals surface area contributed by atoms with Crippen LogP contribution in [0.4, 0.5) is 0 Å². The number of aryl methyl sites for hydroxylation is 1. The monoisotopic (exact) mass is 918 g/mol. The van der Waals surface area contributed by atoms with Crippen molar-refractivity contribution in [2.24, 2.45) is 0 Å². The van der Waals surface area contributed by atoms with Gasteiger partial charge >= 0.3 is 7.12 Å². The maximum atomic E-state index is 8.58. The summed E-state index contributed by atoms with van der Waals surface area (Å²) < 4.78 is 5.78. The van der Waals surface area contributed by atoms with E-state index in [9.17, 15) is 0 Å². The molecule has 0 saturated carbocycles. The van der Waals surface area contributed by atoms with Crippen molar-refractivity contribution < 1.29 is 10.0 Å². The summed E-state index contributed by atoms with van der Waals surface area (Å²) in [6.07, 6.45) is 0. The van der Waals surface area contributed by atoms with Crippen molar-refractivity contribution in [1.29, 1.82) is 0 Å². The number of para-hydroxylation sites is 4. The highest BCUT2D eigenvalue weighted by atomic mass is 79.9. The molecule has 0 amide bonds. The van der Waals surface area contributed by atoms with Gasteiger partial charge < -0.3 is 19.2 Å². The van der Waals surface area contributed by atoms with E-state index in [1.165, 1.54) is 77.0 Å². The molecule has 1 atom stereocenters. The molecular formula is C57H53BBrN2O2P. The number of nitrogens with zero attached hydrogens (tertiary/aromatic N) is 2. The Kier molecular flexibility index (Phi) is 16.3. The van der Waals surface area contributed by atoms with Gasteiger partial charge in [0.25, 0.3) is 0 Å². The van der Waals surface area contributed by atoms with Crippen molar-refractivity contribution in [1.82, 2.24) is 9.13 Å². The predicted octanol–water partition coefficient (Wildman–Crippen LogP) is 14.1. The Morgan fingerprint density at radius 1 is 0.406 bits per heavy atom. The van der Waals surface area contributed by atoms with Gasteiger partial charge in [0.15, 0.2) is 0 Å². The van der Waals surface area contributed by atoms with Crippen LogP contribution < -0.4 is 10.8 Å². The van der Waals surface area contributed by atoms with Crippen LogP contribution in [0.5, 0.6) is 0 Å². The highest BCUT2D eigenvalue weighted by molar-refractivity contribution is 9.10. The predicted molar refractivity (Wildman–Crippen MR) is 285 cm³/mol. The summed E-state index contributed by atoms with van der Waals surface area (Å²) in [6, 6.07) is 79.0. The fourth-order valence-electron chi connectivity index (χ4n) is 7.65. The summed E-state index contributed by atoms with van der Waals surface area (Å²) >= 11 is 3.57. The summed E-state index contributed by atoms with van der Waals surface area (Å²) in [5, 5.41) is 23.6. The second kappa shape index (κ2) is 22.2. The molecule has 9 aromatic carbocycles. The molecule has 64 heavy (non-hydrogen) atoms. The van der Waals surface area contributed by atoms with Crippen molar-refractivity contribution in [2.45, 2.75) is 21.8 Å². The maximum absolute atomic E-state index is 8.58. The van der Waals surface area contributed by atoms with E-state index in [1.807, 2.05) is 24.3 Å². The molecule has 0 aliphatic carbocycles. The Balaban J connectivity index is 0.000000155. The smallest absolute Gasteiger partial charge is 0.423 e. The van der Waals surface area contributed by atoms with Gasteiger partial charge in [-0.3, -0.25) is 0 Å². The molecule has 7 heteroatoms. The van der Waals surface area contributed by atoms with Crippen molar-refractivity contribution >= 4 is 86.7 Å². The lowest BCUT2D eigenvalue weighted by atomic mass is 9.81. The van der Waals surface area contributed by atoms with Gasteiger partial charge in [-0.15, -0.1) is 9.24 Å². The molecule has 4 nitrogen and oxygen atoms in total. The highest BCUT2D eigenvalue weighted by Gasteiger charge is 2.14. The van der Waals surface area contributed by atoms with Crippen LogP contribution in [-0.2, 0) is 0 Å². The van der Waals surface area contributed by atoms with Crippen LogP contribution in [0.25, 0.3) is 66.1 Å². The maximum Gasteiger partial charge on any atom is 0.488 e. The molecular weight excluding hydrogens is 866 g/mol. The average molecular weight is 920 g/mol. The van der Waals surface area contributed by atoms with Crippen LogP contribution in [-0.4, -0.2) is 26.3 Å². The quantitative estimate of drug-likeness (QED) is 0.136. The van der Waals surface area contributed by atoms with E-state index < -0.39 is 7.12 Å². The zero-order valence-corrected chi connectivity index (χ0v) is 37.0. The highest BCUT2D eigenvalue weighted by Crippen LogP contribution is 2.35. The number of aromatic nitrogens is 2. The van der Waals surface area contributed by atoms with Gasteiger partial charge in [0.2, 0.25) is 0 Å². The number of hydrogen-bond donors (Lipinski definition) is 2. The Labute approximate surface area is 388 Å². The average Bonchev–Trinajstić information content (AvgIpc) is 3.84. The van der Waals surface area contributed by atoms with E-state index in [2.05, 4.69) is 223 Å². The fourth-order valence-corrected chi connectivity index (χ4v) is 8.22. The van der Waals surface area contributed by atoms with Crippen LogP contribution in [0.2, 0.25) is 0 Å². The third-order valence-corrected chi connectivity index (χ3v) is 11.9. The van der Waals surface area contributed by atoms with E-state index >= 15 is 0 Å². The Bertz CT molecular complexity index is 3170. The lowest BCUT2D eigenvalue weighted by molar-refractivity contribution is 0.426. The molecule has 11 aromatic rings. The molecule has 0 bridgehead atoms. The van der Waals surface area contributed by atoms with Crippen LogP contribution in [0, 0.1) is 6.92 Å². The lowest BCUT2D eigenvalue weighted by Crippen LogP contribution is -2.29. The van der Waals surface area contributed by atoms with Gasteiger partial charge in [0, 0.05) is 37.4 Å². The minimum Gasteiger partial charge on any atom is -0.423 e. The molecule has 0 radical (unpaired) electrons. The first-order chi connectivity index (χ1) is 30.4. The van der Waals surface area contributed by atoms with Crippen molar-refractivity contribution in [3.63, 3.8) is 0 Å². The van der Waals surface area contributed by atoms with Crippen molar-refractivity contribution in [2.75, 3.05) is 0 Å². The topological polar surface area (TPSA) is 50.3 Å². The van der Waals surface area contributed by atoms with E-state index in [4.69, 9.17) is 10.0 Å². The summed E-state index contributed by atoms with van der Waals surface area (Å²) in [5.74, 6) is 0. The number of hydrogen-bond acceptors (Lipinski definition) is 2. The summed E-state index contributed by atoms with van der Waals surface area (Å²) in [7, 11) is 1.35. The Morgan fingerprint density at radius 3 is 1.28 bits per heavy atom. The number of rotatable bonds is 4. The Morgan fingerprint density at radius 2 is 0.812 bits per heavy atom. The molecule has 318 valence electrons. The Hall–Kier alpha value is -6.53. The number of fused-ring (bicyclic) bond motifs is 6. The summed E-state index contributed by atoms with van der Waals surface area (Å²) in [4.78, 5) is 0. The SMILES string of the molecule is Brc1ccc2c(c1)c1ccccc1n2-c1ccccc1.C.C.Cc1ccccc1P.OB(O)c1ccccc1.c1ccc(-c2ccc3c(c2)c2ccccc2n3-c2ccccc2)cc1. The minimum atomic E-state index is -1.34. The van der Waals surface area contributed by atoms with E-state index in [0.29, 0.717) is 5.46 Å². The summed E-state index contributed by atoms with van der Waals surface area (Å²) in [6.45, 7) is 2.10. The van der Waals surface area contributed by atoms with E-state index in [1.54, 1.807) is 24.3 Å². The number of halogens is 1. The first-order valence-corrected chi connectivity index (χ1v) is 21.8. The van der Waals surface area contributed by atoms with Crippen LogP contribution >= 0.6 is 25.2 Å². The van der Waals surface area contributed by atoms with Gasteiger partial charge in [-0.2, -0.15) is 0 Å². The second-order valence-electron chi connectivity index (χ2n) is 14.8. The molecule has 0 aliphatic heterocycles. The first-order valence-electron chi connectivity index (χ1n) is 20.5. The van der Waals surface area contributed by atoms with Gasteiger partial charge in [-0.1, -0.05) is 195 Å². The normalized spacial score (nSPS) is 10.3. The first kappa shape index (κ1) is 47.0. The van der Waals surface area contributed by atoms with Crippen LogP contribution in [0.15, 0.2) is 235 Å². The third kappa shape index (κ3) is 10.6. The minimum absolute atomic E-state index is 0. The summed E-state index contributed by atoms with van der Waals surface area (Å²) in [5.41, 5.74) is 11.7. The molecule has 1 unspecified atom stereocenters. The fraction of sp³-hybridized carbons (Fsp3) is 0.0526. The van der Waals surface area contributed by atoms with Gasteiger partial charge in [-0.05, 0) is 101 Å². The van der Waals surface area contributed by atoms with Gasteiger partial charge in [-0.25, -0.2) is 0 Å². The molecule has 2 aromatic heterocycles. The standard InChI is InChI=1S/C24H17N.C18H12BrN.C7H9P.C6H7BO2.2CH4/c1-3-9-18(10-4-1)19-15-16-24-22(17-19)21-13-7-8-14-23(21)25(24)20-11-5-2-6-12-20;19-13-10-11-18-16(12-13)15-8-4-5-9-17(15)20(18)14-6-2-1-3-7-14;1-6-4-2-3-5-7(6)8;8-7(9)6-4-2-1-3-5-6;;/h1-17H;1-12H;2-5H,8H2,1H3;1-5,8-9H;2*1H4. The van der Waals surface area contributed by atoms with Crippen molar-refractivity contribution in [3.05, 3.63) is 241 Å². The van der Waals surface area contributed by atoms with Crippen molar-refractivity contribution in [3.8, 4) is 22.5 Å². The van der Waals surface area contributed by atoms with E-state index in [-0.39, 0.29) is 14.9 Å². The molecule has 2 N–H and O–H groups in total. The zero-order valence-electron chi connectivity index (χ0n) is 34.3. The van der Waals surface area contributed by atoms with E-state index in [0.717, 1.165) is 4.47 Å². The molecule has 0 spiro atoms. The largest absolute Gasteiger partial charge is 0.488 e. The lowest BCUT2D eigenvalue weighted by Gasteiger charge is -2.08. The second-order valence-corrected chi connectivity index (χ2v) is 16.3. The zero-order chi connectivity index (χ0) is 42.8. The molecule has 0 aliphatic rings.